The van der Waals surface area contributed by atoms with Crippen LogP contribution in [-0.2, 0) is 35.5 Å². The third-order valence-corrected chi connectivity index (χ3v) is 30.5. The van der Waals surface area contributed by atoms with Crippen molar-refractivity contribution in [1.29, 1.82) is 0 Å². The molecule has 48 heavy (non-hydrogen) atoms. The van der Waals surface area contributed by atoms with Crippen molar-refractivity contribution in [2.24, 2.45) is 11.3 Å². The van der Waals surface area contributed by atoms with Crippen LogP contribution in [0.15, 0.2) is 69.5 Å². The zero-order valence-corrected chi connectivity index (χ0v) is 35.9. The summed E-state index contributed by atoms with van der Waals surface area (Å²) >= 11 is -4.52. The van der Waals surface area contributed by atoms with E-state index in [1.807, 2.05) is 0 Å². The third-order valence-electron chi connectivity index (χ3n) is 12.9. The molecule has 3 aliphatic rings. The van der Waals surface area contributed by atoms with Crippen LogP contribution >= 0.6 is 24.8 Å². The van der Waals surface area contributed by atoms with E-state index in [-0.39, 0.29) is 41.1 Å². The first kappa shape index (κ1) is 39.3. The van der Waals surface area contributed by atoms with Gasteiger partial charge in [0, 0.05) is 0 Å². The molecule has 1 saturated carbocycles. The van der Waals surface area contributed by atoms with E-state index in [0.717, 1.165) is 10.5 Å². The molecule has 3 heteroatoms. The molecule has 1 fully saturated rings. The van der Waals surface area contributed by atoms with Crippen LogP contribution in [-0.4, -0.2) is 4.21 Å². The normalized spacial score (nSPS) is 19.0. The van der Waals surface area contributed by atoms with E-state index >= 15 is 0 Å². The predicted octanol–water partition coefficient (Wildman–Crippen LogP) is 12.3. The SMILES string of the molecule is Cl.Cl.[CH2]=[Zr]([CH2]C)([C]1=CC(C2(C)CCCCC2)=CC1C)([c]1ccccc1)[c]1c(C)c(C(C)(C)C)cc2c1Cc1cc(C)c(C(C)(C)C)cc1-2. The molecule has 1 atom stereocenters. The van der Waals surface area contributed by atoms with Crippen LogP contribution in [0.3, 0.4) is 0 Å². The molecular formula is C45H62Cl2Zr. The summed E-state index contributed by atoms with van der Waals surface area (Å²) in [5, 5.41) is 0. The molecule has 3 aromatic carbocycles. The molecule has 0 spiro atoms. The van der Waals surface area contributed by atoms with Gasteiger partial charge in [0.25, 0.3) is 0 Å². The number of aryl methyl sites for hydroxylation is 1. The van der Waals surface area contributed by atoms with Crippen LogP contribution in [0.25, 0.3) is 11.1 Å². The predicted molar refractivity (Wildman–Crippen MR) is 216 cm³/mol. The van der Waals surface area contributed by atoms with Gasteiger partial charge in [-0.15, -0.1) is 24.8 Å². The number of allylic oxidation sites excluding steroid dienone is 4. The Balaban J connectivity index is 0.00000260. The van der Waals surface area contributed by atoms with Crippen LogP contribution in [0.2, 0.25) is 4.13 Å². The van der Waals surface area contributed by atoms with Gasteiger partial charge in [-0.05, 0) is 0 Å². The van der Waals surface area contributed by atoms with Crippen LogP contribution in [0.1, 0.15) is 128 Å². The number of hydrogen-bond acceptors (Lipinski definition) is 0. The van der Waals surface area contributed by atoms with Gasteiger partial charge in [0.15, 0.2) is 0 Å². The molecule has 0 N–H and O–H groups in total. The van der Waals surface area contributed by atoms with Crippen molar-refractivity contribution < 1.29 is 18.3 Å². The molecule has 3 aliphatic carbocycles. The van der Waals surface area contributed by atoms with Gasteiger partial charge < -0.3 is 0 Å². The van der Waals surface area contributed by atoms with Crippen molar-refractivity contribution in [2.75, 3.05) is 0 Å². The average Bonchev–Trinajstić information content (AvgIpc) is 3.56. The Hall–Kier alpha value is -1.53. The molecule has 0 aromatic heterocycles. The average molecular weight is 765 g/mol. The maximum absolute atomic E-state index is 5.80. The molecule has 0 aliphatic heterocycles. The van der Waals surface area contributed by atoms with E-state index in [4.69, 9.17) is 4.21 Å². The monoisotopic (exact) mass is 762 g/mol. The van der Waals surface area contributed by atoms with Gasteiger partial charge in [0.1, 0.15) is 0 Å². The Morgan fingerprint density at radius 3 is 1.98 bits per heavy atom. The van der Waals surface area contributed by atoms with Gasteiger partial charge in [-0.25, -0.2) is 0 Å². The summed E-state index contributed by atoms with van der Waals surface area (Å²) in [7, 11) is 0. The topological polar surface area (TPSA) is 0 Å². The number of benzene rings is 3. The second-order valence-electron chi connectivity index (χ2n) is 18.0. The van der Waals surface area contributed by atoms with E-state index in [9.17, 15) is 0 Å². The summed E-state index contributed by atoms with van der Waals surface area (Å²) in [4.78, 5) is 0. The summed E-state index contributed by atoms with van der Waals surface area (Å²) in [6.07, 6.45) is 13.2. The second kappa shape index (κ2) is 13.2. The standard InChI is InChI=1S/C23H29.C13H19.C6H5.C2H5.CH2.2ClH.Zr/c1-14-9-16-11-17-10-15(2)21(23(6,7)8)13-19(17)18(16)12-20(14)22(3,4)5;1-11-6-7-12(10-11)13(2)8-4-3-5-9-13;1-2-4-6-5-3-1;1-2;;;;/h9,12-13H,11H2,1-8H3;7,10-11H,3-5,8-9H2,1-2H3;1-5H;1H2,2H3;1H2;2*1H;. The molecule has 1 unspecified atom stereocenters. The van der Waals surface area contributed by atoms with Gasteiger partial charge in [-0.2, -0.15) is 0 Å². The number of hydrogen-bond donors (Lipinski definition) is 0. The van der Waals surface area contributed by atoms with Gasteiger partial charge in [-0.3, -0.25) is 0 Å². The van der Waals surface area contributed by atoms with Crippen molar-refractivity contribution in [2.45, 2.75) is 130 Å². The maximum atomic E-state index is 5.80. The summed E-state index contributed by atoms with van der Waals surface area (Å²) in [6.45, 7) is 26.7. The van der Waals surface area contributed by atoms with Crippen molar-refractivity contribution >= 4 is 35.6 Å². The fraction of sp³-hybridized carbons (Fsp3) is 0.489. The number of rotatable bonds is 5. The van der Waals surface area contributed by atoms with Crippen LogP contribution in [0.5, 0.6) is 0 Å². The van der Waals surface area contributed by atoms with Crippen molar-refractivity contribution in [1.82, 2.24) is 0 Å². The zero-order valence-electron chi connectivity index (χ0n) is 31.8. The van der Waals surface area contributed by atoms with Gasteiger partial charge in [0.05, 0.1) is 0 Å². The van der Waals surface area contributed by atoms with Crippen molar-refractivity contribution in [3.63, 3.8) is 0 Å². The van der Waals surface area contributed by atoms with Crippen LogP contribution in [0, 0.1) is 25.2 Å². The Labute approximate surface area is 306 Å². The zero-order chi connectivity index (χ0) is 33.5. The van der Waals surface area contributed by atoms with Crippen LogP contribution in [0.4, 0.5) is 0 Å². The quantitative estimate of drug-likeness (QED) is 0.190. The Kier molecular flexibility index (Phi) is 10.8. The molecule has 0 amide bonds. The Morgan fingerprint density at radius 1 is 0.833 bits per heavy atom. The number of halogens is 2. The Morgan fingerprint density at radius 2 is 1.42 bits per heavy atom. The first-order valence-corrected chi connectivity index (χ1v) is 25.4. The summed E-state index contributed by atoms with van der Waals surface area (Å²) in [5.74, 6) is 0.406. The molecule has 0 nitrogen and oxygen atoms in total. The van der Waals surface area contributed by atoms with E-state index in [1.165, 1.54) is 74.3 Å². The van der Waals surface area contributed by atoms with Gasteiger partial charge in [0.2, 0.25) is 0 Å². The van der Waals surface area contributed by atoms with Gasteiger partial charge in [-0.1, -0.05) is 0 Å². The minimum atomic E-state index is -4.52. The molecule has 3 aromatic rings. The Bertz CT molecular complexity index is 1830. The molecule has 260 valence electrons. The molecule has 0 bridgehead atoms. The van der Waals surface area contributed by atoms with E-state index < -0.39 is 18.3 Å². The first-order valence-electron chi connectivity index (χ1n) is 18.3. The van der Waals surface area contributed by atoms with Crippen molar-refractivity contribution in [3.05, 3.63) is 103 Å². The number of fused-ring (bicyclic) bond motifs is 3. The minimum absolute atomic E-state index is 0. The summed E-state index contributed by atoms with van der Waals surface area (Å²) < 4.78 is 11.8. The molecule has 0 heterocycles. The first-order chi connectivity index (χ1) is 21.4. The van der Waals surface area contributed by atoms with E-state index in [2.05, 4.69) is 137 Å². The van der Waals surface area contributed by atoms with Crippen molar-refractivity contribution in [3.8, 4) is 11.1 Å². The van der Waals surface area contributed by atoms with E-state index in [0.29, 0.717) is 5.92 Å². The molecule has 0 radical (unpaired) electrons. The van der Waals surface area contributed by atoms with Crippen LogP contribution < -0.4 is 6.54 Å². The summed E-state index contributed by atoms with van der Waals surface area (Å²) in [5.41, 5.74) is 14.0. The van der Waals surface area contributed by atoms with Gasteiger partial charge >= 0.3 is 284 Å². The molecular weight excluding hydrogens is 703 g/mol. The molecule has 0 saturated heterocycles. The molecule has 6 rings (SSSR count). The van der Waals surface area contributed by atoms with E-state index in [1.54, 1.807) is 17.7 Å². The fourth-order valence-electron chi connectivity index (χ4n) is 10.3. The summed E-state index contributed by atoms with van der Waals surface area (Å²) in [6, 6.07) is 19.4. The second-order valence-corrected chi connectivity index (χ2v) is 32.1. The fourth-order valence-corrected chi connectivity index (χ4v) is 26.9. The third kappa shape index (κ3) is 5.99.